The molecule has 0 aromatic heterocycles. The molecule has 1 rings (SSSR count). The van der Waals surface area contributed by atoms with Gasteiger partial charge in [0.15, 0.2) is 0 Å². The molecule has 6 heteroatoms. The summed E-state index contributed by atoms with van der Waals surface area (Å²) in [6, 6.07) is -0.703. The maximum absolute atomic E-state index is 12.4. The second-order valence-corrected chi connectivity index (χ2v) is 11.1. The van der Waals surface area contributed by atoms with E-state index in [1.54, 1.807) is 0 Å². The monoisotopic (exact) mass is 508 g/mol. The first-order chi connectivity index (χ1) is 17.5. The summed E-state index contributed by atoms with van der Waals surface area (Å²) in [5.41, 5.74) is 11.7. The van der Waals surface area contributed by atoms with Crippen molar-refractivity contribution in [3.63, 3.8) is 0 Å². The number of nitrogens with two attached hydrogens (primary N) is 2. The lowest BCUT2D eigenvalue weighted by Crippen LogP contribution is -2.59. The fourth-order valence-corrected chi connectivity index (χ4v) is 5.88. The number of carbonyl (C=O) groups is 2. The number of hydrogen-bond acceptors (Lipinski definition) is 2. The van der Waals surface area contributed by atoms with Gasteiger partial charge in [0.25, 0.3) is 0 Å². The predicted molar refractivity (Wildman–Crippen MR) is 153 cm³/mol. The van der Waals surface area contributed by atoms with E-state index in [0.29, 0.717) is 13.1 Å². The summed E-state index contributed by atoms with van der Waals surface area (Å²) < 4.78 is 0. The van der Waals surface area contributed by atoms with Gasteiger partial charge in [-0.2, -0.15) is 0 Å². The van der Waals surface area contributed by atoms with Crippen LogP contribution < -0.4 is 11.5 Å². The van der Waals surface area contributed by atoms with Crippen molar-refractivity contribution >= 4 is 12.1 Å². The van der Waals surface area contributed by atoms with E-state index < -0.39 is 0 Å². The molecular weight excluding hydrogens is 448 g/mol. The van der Waals surface area contributed by atoms with Crippen LogP contribution in [0.4, 0.5) is 9.59 Å². The van der Waals surface area contributed by atoms with Gasteiger partial charge in [-0.05, 0) is 25.7 Å². The van der Waals surface area contributed by atoms with E-state index in [2.05, 4.69) is 13.8 Å². The third-order valence-corrected chi connectivity index (χ3v) is 8.07. The number of amides is 4. The zero-order chi connectivity index (χ0) is 26.4. The van der Waals surface area contributed by atoms with Gasteiger partial charge < -0.3 is 21.3 Å². The summed E-state index contributed by atoms with van der Waals surface area (Å²) in [5, 5.41) is 0. The second-order valence-electron chi connectivity index (χ2n) is 11.1. The van der Waals surface area contributed by atoms with Crippen molar-refractivity contribution in [2.24, 2.45) is 11.5 Å². The maximum Gasteiger partial charge on any atom is 0.315 e. The molecule has 0 saturated heterocycles. The molecule has 0 aliphatic heterocycles. The highest BCUT2D eigenvalue weighted by Gasteiger charge is 2.36. The van der Waals surface area contributed by atoms with Crippen molar-refractivity contribution in [2.75, 3.05) is 13.1 Å². The van der Waals surface area contributed by atoms with Crippen molar-refractivity contribution in [2.45, 2.75) is 167 Å². The van der Waals surface area contributed by atoms with E-state index >= 15 is 0 Å². The number of urea groups is 2. The Hall–Kier alpha value is -1.46. The van der Waals surface area contributed by atoms with E-state index in [9.17, 15) is 9.59 Å². The normalized spacial score (nSPS) is 17.7. The smallest absolute Gasteiger partial charge is 0.315 e. The number of carbonyl (C=O) groups excluding carboxylic acids is 2. The van der Waals surface area contributed by atoms with E-state index in [1.807, 2.05) is 9.80 Å². The number of primary amides is 2. The Kier molecular flexibility index (Phi) is 19.5. The predicted octanol–water partition coefficient (Wildman–Crippen LogP) is 8.12. The Balaban J connectivity index is 2.47. The van der Waals surface area contributed by atoms with Crippen LogP contribution in [0.2, 0.25) is 0 Å². The lowest BCUT2D eigenvalue weighted by atomic mass is 9.87. The van der Waals surface area contributed by atoms with Gasteiger partial charge in [0.1, 0.15) is 0 Å². The summed E-state index contributed by atoms with van der Waals surface area (Å²) in [6.45, 7) is 5.89. The molecule has 0 radical (unpaired) electrons. The zero-order valence-electron chi connectivity index (χ0n) is 24.0. The summed E-state index contributed by atoms with van der Waals surface area (Å²) in [4.78, 5) is 28.6. The third kappa shape index (κ3) is 14.3. The third-order valence-electron chi connectivity index (χ3n) is 8.07. The van der Waals surface area contributed by atoms with Gasteiger partial charge in [0, 0.05) is 13.1 Å². The van der Waals surface area contributed by atoms with Crippen molar-refractivity contribution in [1.29, 1.82) is 0 Å². The molecule has 0 aromatic carbocycles. The lowest BCUT2D eigenvalue weighted by Gasteiger charge is -2.44. The first-order valence-corrected chi connectivity index (χ1v) is 15.6. The Morgan fingerprint density at radius 1 is 0.528 bits per heavy atom. The van der Waals surface area contributed by atoms with Crippen LogP contribution in [0.15, 0.2) is 0 Å². The van der Waals surface area contributed by atoms with Gasteiger partial charge in [-0.1, -0.05) is 129 Å². The molecule has 1 aliphatic carbocycles. The maximum atomic E-state index is 12.4. The largest absolute Gasteiger partial charge is 0.351 e. The highest BCUT2D eigenvalue weighted by Crippen LogP contribution is 2.28. The molecule has 212 valence electrons. The van der Waals surface area contributed by atoms with E-state index in [1.165, 1.54) is 89.9 Å². The van der Waals surface area contributed by atoms with Gasteiger partial charge in [-0.3, -0.25) is 0 Å². The Morgan fingerprint density at radius 3 is 1.08 bits per heavy atom. The lowest BCUT2D eigenvalue weighted by molar-refractivity contribution is 0.0831. The molecule has 0 unspecified atom stereocenters. The van der Waals surface area contributed by atoms with Gasteiger partial charge in [0.2, 0.25) is 0 Å². The van der Waals surface area contributed by atoms with Crippen LogP contribution in [0, 0.1) is 0 Å². The summed E-state index contributed by atoms with van der Waals surface area (Å²) >= 11 is 0. The van der Waals surface area contributed by atoms with Crippen molar-refractivity contribution in [3.05, 3.63) is 0 Å². The Bertz CT molecular complexity index is 509. The minimum Gasteiger partial charge on any atom is -0.351 e. The van der Waals surface area contributed by atoms with E-state index in [-0.39, 0.29) is 24.1 Å². The summed E-state index contributed by atoms with van der Waals surface area (Å²) in [6.07, 6.45) is 26.5. The van der Waals surface area contributed by atoms with Crippen LogP contribution in [-0.4, -0.2) is 47.0 Å². The first-order valence-electron chi connectivity index (χ1n) is 15.6. The molecule has 1 aliphatic rings. The fraction of sp³-hybridized carbons (Fsp3) is 0.933. The molecule has 4 N–H and O–H groups in total. The van der Waals surface area contributed by atoms with Crippen molar-refractivity contribution in [3.8, 4) is 0 Å². The Labute approximate surface area is 223 Å². The standard InChI is InChI=1S/C30H60N4O2/c1-3-5-7-9-11-13-15-17-21-25-33(29(31)35)27-23-19-20-24-28(27)34(30(32)36)26-22-18-16-14-12-10-8-6-4-2/h27-28H,3-26H2,1-2H3,(H2,31,35)(H2,32,36)/t27-,28-/m0/s1. The molecule has 1 fully saturated rings. The van der Waals surface area contributed by atoms with Gasteiger partial charge in [0.05, 0.1) is 12.1 Å². The van der Waals surface area contributed by atoms with Crippen molar-refractivity contribution < 1.29 is 9.59 Å². The van der Waals surface area contributed by atoms with Crippen molar-refractivity contribution in [1.82, 2.24) is 9.80 Å². The molecule has 6 nitrogen and oxygen atoms in total. The van der Waals surface area contributed by atoms with Crippen LogP contribution in [0.25, 0.3) is 0 Å². The summed E-state index contributed by atoms with van der Waals surface area (Å²) in [5.74, 6) is 0. The minimum atomic E-state index is -0.348. The van der Waals surface area contributed by atoms with Crippen LogP contribution >= 0.6 is 0 Å². The van der Waals surface area contributed by atoms with E-state index in [0.717, 1.165) is 51.4 Å². The molecule has 1 saturated carbocycles. The summed E-state index contributed by atoms with van der Waals surface area (Å²) in [7, 11) is 0. The molecule has 0 heterocycles. The van der Waals surface area contributed by atoms with Crippen LogP contribution in [0.5, 0.6) is 0 Å². The SMILES string of the molecule is CCCCCCCCCCCN(C(N)=O)[C@H]1CCCC[C@@H]1N(CCCCCCCCCCC)C(N)=O. The molecule has 0 spiro atoms. The molecule has 0 bridgehead atoms. The van der Waals surface area contributed by atoms with E-state index in [4.69, 9.17) is 11.5 Å². The van der Waals surface area contributed by atoms with Gasteiger partial charge in [-0.25, -0.2) is 9.59 Å². The highest BCUT2D eigenvalue weighted by molar-refractivity contribution is 5.74. The number of nitrogens with zero attached hydrogens (tertiary/aromatic N) is 2. The molecule has 0 aromatic rings. The topological polar surface area (TPSA) is 92.7 Å². The molecule has 4 amide bonds. The highest BCUT2D eigenvalue weighted by atomic mass is 16.2. The van der Waals surface area contributed by atoms with Gasteiger partial charge in [-0.15, -0.1) is 0 Å². The second kappa shape index (κ2) is 21.6. The van der Waals surface area contributed by atoms with Crippen LogP contribution in [0.1, 0.15) is 155 Å². The molecule has 2 atom stereocenters. The number of rotatable bonds is 22. The van der Waals surface area contributed by atoms with Crippen LogP contribution in [0.3, 0.4) is 0 Å². The number of unbranched alkanes of at least 4 members (excludes halogenated alkanes) is 16. The quantitative estimate of drug-likeness (QED) is 0.144. The molecule has 36 heavy (non-hydrogen) atoms. The van der Waals surface area contributed by atoms with Crippen LogP contribution in [-0.2, 0) is 0 Å². The average molecular weight is 509 g/mol. The van der Waals surface area contributed by atoms with Gasteiger partial charge >= 0.3 is 12.1 Å². The molecular formula is C30H60N4O2. The zero-order valence-corrected chi connectivity index (χ0v) is 24.0. The first kappa shape index (κ1) is 32.6. The Morgan fingerprint density at radius 2 is 0.806 bits per heavy atom. The average Bonchev–Trinajstić information content (AvgIpc) is 2.86. The number of hydrogen-bond donors (Lipinski definition) is 2. The minimum absolute atomic E-state index is 0.00337. The fourth-order valence-electron chi connectivity index (χ4n) is 5.88.